The van der Waals surface area contributed by atoms with Crippen molar-refractivity contribution < 1.29 is 9.13 Å². The average molecular weight is 429 g/mol. The number of ether oxygens (including phenoxy) is 1. The minimum absolute atomic E-state index is 0. The number of nitrogens with two attached hydrogens (primary N) is 1. The predicted molar refractivity (Wildman–Crippen MR) is 103 cm³/mol. The maximum atomic E-state index is 13.0. The molecule has 0 radical (unpaired) electrons. The van der Waals surface area contributed by atoms with E-state index >= 15 is 0 Å². The highest BCUT2D eigenvalue weighted by molar-refractivity contribution is 14.0. The molecule has 4 nitrogen and oxygen atoms in total. The highest BCUT2D eigenvalue weighted by atomic mass is 127. The van der Waals surface area contributed by atoms with E-state index in [2.05, 4.69) is 10.3 Å². The molecule has 0 unspecified atom stereocenters. The number of aryl methyl sites for hydroxylation is 1. The largest absolute Gasteiger partial charge is 0.497 e. The predicted octanol–water partition coefficient (Wildman–Crippen LogP) is 3.73. The van der Waals surface area contributed by atoms with Gasteiger partial charge in [0.25, 0.3) is 0 Å². The molecule has 124 valence electrons. The second-order valence-corrected chi connectivity index (χ2v) is 4.94. The van der Waals surface area contributed by atoms with Crippen LogP contribution in [-0.4, -0.2) is 19.6 Å². The molecule has 0 aliphatic heterocycles. The van der Waals surface area contributed by atoms with Crippen molar-refractivity contribution >= 4 is 35.6 Å². The van der Waals surface area contributed by atoms with Gasteiger partial charge in [-0.25, -0.2) is 4.39 Å². The van der Waals surface area contributed by atoms with Gasteiger partial charge in [0, 0.05) is 18.3 Å². The minimum Gasteiger partial charge on any atom is -0.497 e. The minimum atomic E-state index is -0.219. The lowest BCUT2D eigenvalue weighted by molar-refractivity contribution is 0.415. The van der Waals surface area contributed by atoms with Crippen molar-refractivity contribution in [2.24, 2.45) is 10.7 Å². The van der Waals surface area contributed by atoms with Crippen LogP contribution in [0.3, 0.4) is 0 Å². The molecule has 0 bridgehead atoms. The number of halogens is 2. The molecule has 0 aromatic heterocycles. The zero-order valence-electron chi connectivity index (χ0n) is 13.2. The van der Waals surface area contributed by atoms with Gasteiger partial charge in [-0.05, 0) is 48.7 Å². The SMILES string of the molecule is COc1cccc(NC(N)=NCCc2ccc(F)cc2C)c1.I. The number of guanidine groups is 1. The summed E-state index contributed by atoms with van der Waals surface area (Å²) in [5.74, 6) is 0.872. The molecule has 0 heterocycles. The Kier molecular flexibility index (Phi) is 7.80. The quantitative estimate of drug-likeness (QED) is 0.433. The molecule has 0 aliphatic rings. The van der Waals surface area contributed by atoms with Crippen molar-refractivity contribution in [1.82, 2.24) is 0 Å². The second-order valence-electron chi connectivity index (χ2n) is 4.94. The summed E-state index contributed by atoms with van der Waals surface area (Å²) in [7, 11) is 1.61. The van der Waals surface area contributed by atoms with E-state index in [1.807, 2.05) is 31.2 Å². The van der Waals surface area contributed by atoms with Crippen LogP contribution >= 0.6 is 24.0 Å². The van der Waals surface area contributed by atoms with Crippen molar-refractivity contribution in [3.05, 3.63) is 59.4 Å². The van der Waals surface area contributed by atoms with Crippen LogP contribution in [0, 0.1) is 12.7 Å². The van der Waals surface area contributed by atoms with Gasteiger partial charge < -0.3 is 15.8 Å². The first kappa shape index (κ1) is 19.2. The Morgan fingerprint density at radius 2 is 2.04 bits per heavy atom. The Morgan fingerprint density at radius 1 is 1.26 bits per heavy atom. The van der Waals surface area contributed by atoms with Gasteiger partial charge in [-0.1, -0.05) is 12.1 Å². The molecule has 6 heteroatoms. The van der Waals surface area contributed by atoms with Crippen LogP contribution in [0.5, 0.6) is 5.75 Å². The van der Waals surface area contributed by atoms with Gasteiger partial charge in [0.05, 0.1) is 7.11 Å². The molecule has 0 spiro atoms. The molecular formula is C17H21FIN3O. The first-order valence-electron chi connectivity index (χ1n) is 7.04. The van der Waals surface area contributed by atoms with Gasteiger partial charge in [-0.2, -0.15) is 0 Å². The fourth-order valence-corrected chi connectivity index (χ4v) is 2.12. The Morgan fingerprint density at radius 3 is 2.74 bits per heavy atom. The van der Waals surface area contributed by atoms with Gasteiger partial charge >= 0.3 is 0 Å². The molecule has 0 aliphatic carbocycles. The number of anilines is 1. The molecule has 0 saturated carbocycles. The first-order valence-corrected chi connectivity index (χ1v) is 7.04. The number of benzene rings is 2. The number of hydrogen-bond acceptors (Lipinski definition) is 2. The topological polar surface area (TPSA) is 59.6 Å². The van der Waals surface area contributed by atoms with Gasteiger partial charge in [-0.3, -0.25) is 4.99 Å². The van der Waals surface area contributed by atoms with Crippen molar-refractivity contribution in [1.29, 1.82) is 0 Å². The van der Waals surface area contributed by atoms with Crippen LogP contribution in [0.2, 0.25) is 0 Å². The third-order valence-corrected chi connectivity index (χ3v) is 3.31. The number of rotatable bonds is 5. The van der Waals surface area contributed by atoms with Crippen LogP contribution in [-0.2, 0) is 6.42 Å². The number of nitrogens with zero attached hydrogens (tertiary/aromatic N) is 1. The fraction of sp³-hybridized carbons (Fsp3) is 0.235. The maximum Gasteiger partial charge on any atom is 0.193 e. The summed E-state index contributed by atoms with van der Waals surface area (Å²) in [4.78, 5) is 4.28. The van der Waals surface area contributed by atoms with E-state index in [-0.39, 0.29) is 29.8 Å². The van der Waals surface area contributed by atoms with Crippen LogP contribution in [0.1, 0.15) is 11.1 Å². The van der Waals surface area contributed by atoms with E-state index in [4.69, 9.17) is 10.5 Å². The molecule has 2 aromatic rings. The van der Waals surface area contributed by atoms with Crippen molar-refractivity contribution in [2.75, 3.05) is 19.0 Å². The van der Waals surface area contributed by atoms with Crippen molar-refractivity contribution in [3.8, 4) is 5.75 Å². The number of nitrogens with one attached hydrogen (secondary N) is 1. The molecule has 0 fully saturated rings. The third-order valence-electron chi connectivity index (χ3n) is 3.31. The van der Waals surface area contributed by atoms with E-state index < -0.39 is 0 Å². The Labute approximate surface area is 153 Å². The van der Waals surface area contributed by atoms with Crippen LogP contribution in [0.25, 0.3) is 0 Å². The van der Waals surface area contributed by atoms with Gasteiger partial charge in [-0.15, -0.1) is 24.0 Å². The molecule has 2 rings (SSSR count). The molecule has 2 aromatic carbocycles. The highest BCUT2D eigenvalue weighted by Crippen LogP contribution is 2.16. The first-order chi connectivity index (χ1) is 10.6. The van der Waals surface area contributed by atoms with Crippen LogP contribution < -0.4 is 15.8 Å². The maximum absolute atomic E-state index is 13.0. The number of hydrogen-bond donors (Lipinski definition) is 2. The standard InChI is InChI=1S/C17H20FN3O.HI/c1-12-10-14(18)7-6-13(12)8-9-20-17(19)21-15-4-3-5-16(11-15)22-2;/h3-7,10-11H,8-9H2,1-2H3,(H3,19,20,21);1H. The second kappa shape index (κ2) is 9.34. The molecule has 0 amide bonds. The molecule has 0 atom stereocenters. The summed E-state index contributed by atoms with van der Waals surface area (Å²) in [5, 5.41) is 3.01. The summed E-state index contributed by atoms with van der Waals surface area (Å²) in [5.41, 5.74) is 8.67. The van der Waals surface area contributed by atoms with Gasteiger partial charge in [0.2, 0.25) is 0 Å². The van der Waals surface area contributed by atoms with Crippen molar-refractivity contribution in [3.63, 3.8) is 0 Å². The Hall–Kier alpha value is -1.83. The molecule has 0 saturated heterocycles. The van der Waals surface area contributed by atoms with Crippen LogP contribution in [0.4, 0.5) is 10.1 Å². The Bertz CT molecular complexity index is 677. The van der Waals surface area contributed by atoms with Crippen molar-refractivity contribution in [2.45, 2.75) is 13.3 Å². The lowest BCUT2D eigenvalue weighted by Crippen LogP contribution is -2.23. The lowest BCUT2D eigenvalue weighted by atomic mass is 10.1. The van der Waals surface area contributed by atoms with E-state index in [0.29, 0.717) is 18.9 Å². The smallest absolute Gasteiger partial charge is 0.193 e. The summed E-state index contributed by atoms with van der Waals surface area (Å²) < 4.78 is 18.2. The lowest BCUT2D eigenvalue weighted by Gasteiger charge is -2.08. The van der Waals surface area contributed by atoms with E-state index in [0.717, 1.165) is 22.6 Å². The number of aliphatic imine (C=N–C) groups is 1. The summed E-state index contributed by atoms with van der Waals surface area (Å²) >= 11 is 0. The zero-order chi connectivity index (χ0) is 15.9. The Balaban J connectivity index is 0.00000264. The monoisotopic (exact) mass is 429 g/mol. The van der Waals surface area contributed by atoms with E-state index in [1.165, 1.54) is 12.1 Å². The third kappa shape index (κ3) is 6.05. The molecule has 23 heavy (non-hydrogen) atoms. The van der Waals surface area contributed by atoms with Gasteiger partial charge in [0.15, 0.2) is 5.96 Å². The zero-order valence-corrected chi connectivity index (χ0v) is 15.5. The molecular weight excluding hydrogens is 408 g/mol. The fourth-order valence-electron chi connectivity index (χ4n) is 2.12. The van der Waals surface area contributed by atoms with Gasteiger partial charge in [0.1, 0.15) is 11.6 Å². The highest BCUT2D eigenvalue weighted by Gasteiger charge is 2.01. The van der Waals surface area contributed by atoms with E-state index in [9.17, 15) is 4.39 Å². The van der Waals surface area contributed by atoms with E-state index in [1.54, 1.807) is 13.2 Å². The summed E-state index contributed by atoms with van der Waals surface area (Å²) in [6.45, 7) is 2.43. The normalized spacial score (nSPS) is 10.8. The summed E-state index contributed by atoms with van der Waals surface area (Å²) in [6, 6.07) is 12.2. The molecule has 3 N–H and O–H groups in total. The number of methoxy groups -OCH3 is 1. The van der Waals surface area contributed by atoms with Crippen LogP contribution in [0.15, 0.2) is 47.5 Å². The average Bonchev–Trinajstić information content (AvgIpc) is 2.49. The summed E-state index contributed by atoms with van der Waals surface area (Å²) in [6.07, 6.45) is 0.715.